The highest BCUT2D eigenvalue weighted by Gasteiger charge is 2.14. The van der Waals surface area contributed by atoms with E-state index in [9.17, 15) is 4.79 Å². The Morgan fingerprint density at radius 1 is 0.818 bits per heavy atom. The van der Waals surface area contributed by atoms with Gasteiger partial charge >= 0.3 is 0 Å². The van der Waals surface area contributed by atoms with E-state index in [2.05, 4.69) is 20.8 Å². The van der Waals surface area contributed by atoms with Crippen LogP contribution in [0.15, 0.2) is 24.3 Å². The number of nitrogens with zero attached hydrogens (tertiary/aromatic N) is 1. The molecule has 1 aromatic rings. The van der Waals surface area contributed by atoms with E-state index in [1.807, 2.05) is 29.2 Å². The molecule has 0 unspecified atom stereocenters. The predicted octanol–water partition coefficient (Wildman–Crippen LogP) is 5.60. The van der Waals surface area contributed by atoms with Crippen LogP contribution in [0.1, 0.15) is 81.1 Å². The summed E-state index contributed by atoms with van der Waals surface area (Å²) in [4.78, 5) is 14.7. The van der Waals surface area contributed by atoms with Crippen LogP contribution in [0, 0.1) is 6.92 Å². The molecule has 0 aliphatic rings. The van der Waals surface area contributed by atoms with Gasteiger partial charge in [-0.25, -0.2) is 0 Å². The van der Waals surface area contributed by atoms with Crippen molar-refractivity contribution in [2.75, 3.05) is 13.1 Å². The Bertz CT molecular complexity index is 410. The van der Waals surface area contributed by atoms with Crippen LogP contribution in [-0.2, 0) is 0 Å². The minimum atomic E-state index is 0.196. The monoisotopic (exact) mass is 303 g/mol. The standard InChI is InChI=1S/C20H33NO/c1-4-6-8-9-10-11-17-21(16-7-5-2)20(22)19-14-12-18(3)13-15-19/h12-15H,4-11,16-17H2,1-3H3. The van der Waals surface area contributed by atoms with Crippen molar-refractivity contribution < 1.29 is 4.79 Å². The first-order chi connectivity index (χ1) is 10.7. The second-order valence-electron chi connectivity index (χ2n) is 6.28. The van der Waals surface area contributed by atoms with E-state index in [4.69, 9.17) is 0 Å². The van der Waals surface area contributed by atoms with Gasteiger partial charge in [-0.3, -0.25) is 4.79 Å². The van der Waals surface area contributed by atoms with Gasteiger partial charge in [0.1, 0.15) is 0 Å². The fourth-order valence-electron chi connectivity index (χ4n) is 2.63. The highest BCUT2D eigenvalue weighted by atomic mass is 16.2. The molecule has 22 heavy (non-hydrogen) atoms. The van der Waals surface area contributed by atoms with E-state index in [0.717, 1.165) is 37.9 Å². The molecule has 0 atom stereocenters. The first kappa shape index (κ1) is 18.7. The van der Waals surface area contributed by atoms with Crippen molar-refractivity contribution in [1.29, 1.82) is 0 Å². The Hall–Kier alpha value is -1.31. The number of benzene rings is 1. The van der Waals surface area contributed by atoms with Crippen LogP contribution < -0.4 is 0 Å². The SMILES string of the molecule is CCCCCCCCN(CCCC)C(=O)c1ccc(C)cc1. The Labute approximate surface area is 136 Å². The summed E-state index contributed by atoms with van der Waals surface area (Å²) in [6.07, 6.45) is 9.85. The maximum Gasteiger partial charge on any atom is 0.253 e. The molecule has 124 valence electrons. The van der Waals surface area contributed by atoms with Crippen LogP contribution in [0.5, 0.6) is 0 Å². The molecular formula is C20H33NO. The molecule has 0 N–H and O–H groups in total. The molecule has 0 saturated heterocycles. The predicted molar refractivity (Wildman–Crippen MR) is 95.4 cm³/mol. The van der Waals surface area contributed by atoms with Crippen LogP contribution in [0.2, 0.25) is 0 Å². The van der Waals surface area contributed by atoms with E-state index in [1.54, 1.807) is 0 Å². The van der Waals surface area contributed by atoms with E-state index >= 15 is 0 Å². The Morgan fingerprint density at radius 2 is 1.36 bits per heavy atom. The molecule has 0 fully saturated rings. The molecule has 1 aromatic carbocycles. The number of amides is 1. The van der Waals surface area contributed by atoms with Crippen molar-refractivity contribution in [1.82, 2.24) is 4.90 Å². The molecule has 2 nitrogen and oxygen atoms in total. The minimum absolute atomic E-state index is 0.196. The summed E-state index contributed by atoms with van der Waals surface area (Å²) in [7, 11) is 0. The topological polar surface area (TPSA) is 20.3 Å². The fourth-order valence-corrected chi connectivity index (χ4v) is 2.63. The zero-order valence-corrected chi connectivity index (χ0v) is 14.7. The number of rotatable bonds is 11. The van der Waals surface area contributed by atoms with Gasteiger partial charge in [0.25, 0.3) is 5.91 Å². The number of unbranched alkanes of at least 4 members (excludes halogenated alkanes) is 6. The molecule has 2 heteroatoms. The van der Waals surface area contributed by atoms with Gasteiger partial charge in [-0.2, -0.15) is 0 Å². The third-order valence-electron chi connectivity index (χ3n) is 4.15. The molecular weight excluding hydrogens is 270 g/mol. The summed E-state index contributed by atoms with van der Waals surface area (Å²) in [5, 5.41) is 0. The van der Waals surface area contributed by atoms with Crippen LogP contribution in [0.25, 0.3) is 0 Å². The van der Waals surface area contributed by atoms with E-state index < -0.39 is 0 Å². The molecule has 0 aliphatic carbocycles. The molecule has 0 bridgehead atoms. The lowest BCUT2D eigenvalue weighted by molar-refractivity contribution is 0.0750. The number of aryl methyl sites for hydroxylation is 1. The van der Waals surface area contributed by atoms with Crippen LogP contribution in [-0.4, -0.2) is 23.9 Å². The third kappa shape index (κ3) is 7.11. The van der Waals surface area contributed by atoms with Gasteiger partial charge in [0.2, 0.25) is 0 Å². The van der Waals surface area contributed by atoms with Gasteiger partial charge in [0.15, 0.2) is 0 Å². The number of carbonyl (C=O) groups excluding carboxylic acids is 1. The largest absolute Gasteiger partial charge is 0.339 e. The average Bonchev–Trinajstić information content (AvgIpc) is 2.53. The first-order valence-corrected chi connectivity index (χ1v) is 9.05. The summed E-state index contributed by atoms with van der Waals surface area (Å²) in [5.41, 5.74) is 2.03. The second kappa shape index (κ2) is 11.3. The number of carbonyl (C=O) groups is 1. The van der Waals surface area contributed by atoms with Gasteiger partial charge in [-0.1, -0.05) is 70.1 Å². The highest BCUT2D eigenvalue weighted by molar-refractivity contribution is 5.94. The molecule has 0 radical (unpaired) electrons. The van der Waals surface area contributed by atoms with Crippen LogP contribution >= 0.6 is 0 Å². The molecule has 0 aromatic heterocycles. The van der Waals surface area contributed by atoms with Gasteiger partial charge in [-0.05, 0) is 31.9 Å². The van der Waals surface area contributed by atoms with Gasteiger partial charge in [0.05, 0.1) is 0 Å². The molecule has 0 saturated carbocycles. The lowest BCUT2D eigenvalue weighted by Gasteiger charge is -2.23. The van der Waals surface area contributed by atoms with Crippen LogP contribution in [0.4, 0.5) is 0 Å². The van der Waals surface area contributed by atoms with E-state index in [0.29, 0.717) is 0 Å². The first-order valence-electron chi connectivity index (χ1n) is 9.05. The number of hydrogen-bond donors (Lipinski definition) is 0. The molecule has 0 aliphatic heterocycles. The lowest BCUT2D eigenvalue weighted by atomic mass is 10.1. The van der Waals surface area contributed by atoms with Gasteiger partial charge < -0.3 is 4.90 Å². The zero-order chi connectivity index (χ0) is 16.2. The fraction of sp³-hybridized carbons (Fsp3) is 0.650. The maximum atomic E-state index is 12.7. The van der Waals surface area contributed by atoms with Crippen molar-refractivity contribution >= 4 is 5.91 Å². The summed E-state index contributed by atoms with van der Waals surface area (Å²) >= 11 is 0. The van der Waals surface area contributed by atoms with Gasteiger partial charge in [0, 0.05) is 18.7 Å². The molecule has 1 amide bonds. The molecule has 0 spiro atoms. The minimum Gasteiger partial charge on any atom is -0.339 e. The Kier molecular flexibility index (Phi) is 9.61. The lowest BCUT2D eigenvalue weighted by Crippen LogP contribution is -2.33. The van der Waals surface area contributed by atoms with Crippen LogP contribution in [0.3, 0.4) is 0 Å². The van der Waals surface area contributed by atoms with Crippen molar-refractivity contribution in [2.45, 2.75) is 72.1 Å². The van der Waals surface area contributed by atoms with Gasteiger partial charge in [-0.15, -0.1) is 0 Å². The second-order valence-corrected chi connectivity index (χ2v) is 6.28. The molecule has 1 rings (SSSR count). The maximum absolute atomic E-state index is 12.7. The number of hydrogen-bond acceptors (Lipinski definition) is 1. The smallest absolute Gasteiger partial charge is 0.253 e. The quantitative estimate of drug-likeness (QED) is 0.487. The van der Waals surface area contributed by atoms with E-state index in [-0.39, 0.29) is 5.91 Å². The summed E-state index contributed by atoms with van der Waals surface area (Å²) in [6.45, 7) is 8.27. The molecule has 0 heterocycles. The summed E-state index contributed by atoms with van der Waals surface area (Å²) < 4.78 is 0. The van der Waals surface area contributed by atoms with Crippen molar-refractivity contribution in [2.24, 2.45) is 0 Å². The summed E-state index contributed by atoms with van der Waals surface area (Å²) in [6, 6.07) is 7.96. The zero-order valence-electron chi connectivity index (χ0n) is 14.7. The third-order valence-corrected chi connectivity index (χ3v) is 4.15. The Morgan fingerprint density at radius 3 is 2.00 bits per heavy atom. The van der Waals surface area contributed by atoms with E-state index in [1.165, 1.54) is 37.7 Å². The van der Waals surface area contributed by atoms with Crippen molar-refractivity contribution in [3.63, 3.8) is 0 Å². The summed E-state index contributed by atoms with van der Waals surface area (Å²) in [5.74, 6) is 0.196. The normalized spacial score (nSPS) is 10.7. The average molecular weight is 303 g/mol. The highest BCUT2D eigenvalue weighted by Crippen LogP contribution is 2.11. The van der Waals surface area contributed by atoms with Crippen molar-refractivity contribution in [3.05, 3.63) is 35.4 Å². The Balaban J connectivity index is 2.48. The van der Waals surface area contributed by atoms with Crippen molar-refractivity contribution in [3.8, 4) is 0 Å².